The van der Waals surface area contributed by atoms with Crippen molar-refractivity contribution in [3.63, 3.8) is 0 Å². The van der Waals surface area contributed by atoms with Crippen LogP contribution in [0.15, 0.2) is 10.8 Å². The van der Waals surface area contributed by atoms with Crippen LogP contribution in [0.2, 0.25) is 0 Å². The molecule has 0 atom stereocenters. The summed E-state index contributed by atoms with van der Waals surface area (Å²) >= 11 is 3.02. The first-order valence-electron chi connectivity index (χ1n) is 5.52. The molecule has 0 bridgehead atoms. The molecule has 0 aromatic carbocycles. The normalized spacial score (nSPS) is 9.50. The highest BCUT2D eigenvalue weighted by Crippen LogP contribution is 2.09. The van der Waals surface area contributed by atoms with E-state index in [1.54, 1.807) is 16.7 Å². The van der Waals surface area contributed by atoms with E-state index in [4.69, 9.17) is 5.73 Å². The van der Waals surface area contributed by atoms with Crippen molar-refractivity contribution in [2.45, 2.75) is 19.9 Å². The number of carbonyl (C=O) groups excluding carboxylic acids is 1. The summed E-state index contributed by atoms with van der Waals surface area (Å²) < 4.78 is 0. The Labute approximate surface area is 137 Å². The van der Waals surface area contributed by atoms with Gasteiger partial charge in [-0.05, 0) is 6.92 Å². The summed E-state index contributed by atoms with van der Waals surface area (Å²) in [7, 11) is 0. The second-order valence-corrected chi connectivity index (χ2v) is 5.70. The molecule has 1 amide bonds. The zero-order valence-corrected chi connectivity index (χ0v) is 14.1. The summed E-state index contributed by atoms with van der Waals surface area (Å²) in [6.07, 6.45) is 0.740. The van der Waals surface area contributed by atoms with Gasteiger partial charge < -0.3 is 11.1 Å². The zero-order chi connectivity index (χ0) is 13.0. The number of amides is 1. The second-order valence-electron chi connectivity index (χ2n) is 3.69. The molecule has 2 rings (SSSR count). The molecule has 0 aliphatic heterocycles. The fraction of sp³-hybridized carbons (Fsp3) is 0.364. The molecule has 0 aliphatic carbocycles. The highest BCUT2D eigenvalue weighted by Gasteiger charge is 2.09. The number of aromatic nitrogens is 2. The van der Waals surface area contributed by atoms with Crippen LogP contribution < -0.4 is 11.1 Å². The monoisotopic (exact) mass is 354 g/mol. The Bertz CT molecular complexity index is 544. The summed E-state index contributed by atoms with van der Waals surface area (Å²) in [5.74, 6) is -0.155. The summed E-state index contributed by atoms with van der Waals surface area (Å²) in [6, 6.07) is 0. The van der Waals surface area contributed by atoms with Crippen molar-refractivity contribution in [2.24, 2.45) is 5.73 Å². The van der Waals surface area contributed by atoms with Crippen LogP contribution in [0.4, 0.5) is 0 Å². The minimum absolute atomic E-state index is 0. The SMILES string of the molecule is Cc1nc(CCNC(=O)c2csc(CN)n2)cs1.Cl.Cl. The summed E-state index contributed by atoms with van der Waals surface area (Å²) in [5, 5.41) is 8.38. The van der Waals surface area contributed by atoms with Crippen molar-refractivity contribution >= 4 is 53.4 Å². The number of carbonyl (C=O) groups is 1. The Balaban J connectivity index is 0.00000180. The van der Waals surface area contributed by atoms with Gasteiger partial charge in [0.2, 0.25) is 0 Å². The Hall–Kier alpha value is -0.730. The summed E-state index contributed by atoms with van der Waals surface area (Å²) in [4.78, 5) is 20.2. The quantitative estimate of drug-likeness (QED) is 0.862. The van der Waals surface area contributed by atoms with E-state index in [0.29, 0.717) is 18.8 Å². The fourth-order valence-electron chi connectivity index (χ4n) is 1.43. The minimum Gasteiger partial charge on any atom is -0.350 e. The largest absolute Gasteiger partial charge is 0.350 e. The van der Waals surface area contributed by atoms with Crippen LogP contribution >= 0.6 is 47.5 Å². The van der Waals surface area contributed by atoms with E-state index in [2.05, 4.69) is 15.3 Å². The first-order valence-corrected chi connectivity index (χ1v) is 7.28. The molecular weight excluding hydrogens is 339 g/mol. The van der Waals surface area contributed by atoms with E-state index < -0.39 is 0 Å². The molecule has 2 aromatic heterocycles. The van der Waals surface area contributed by atoms with Gasteiger partial charge in [-0.3, -0.25) is 4.79 Å². The molecule has 0 radical (unpaired) electrons. The summed E-state index contributed by atoms with van der Waals surface area (Å²) in [5.41, 5.74) is 6.90. The van der Waals surface area contributed by atoms with Crippen LogP contribution in [-0.2, 0) is 13.0 Å². The van der Waals surface area contributed by atoms with Crippen molar-refractivity contribution in [1.29, 1.82) is 0 Å². The van der Waals surface area contributed by atoms with E-state index in [1.165, 1.54) is 11.3 Å². The van der Waals surface area contributed by atoms with Gasteiger partial charge in [-0.2, -0.15) is 0 Å². The lowest BCUT2D eigenvalue weighted by molar-refractivity contribution is 0.0949. The van der Waals surface area contributed by atoms with Crippen LogP contribution in [0.5, 0.6) is 0 Å². The predicted octanol–water partition coefficient (Wildman–Crippen LogP) is 2.18. The Kier molecular flexibility index (Phi) is 8.91. The maximum atomic E-state index is 11.7. The van der Waals surface area contributed by atoms with Crippen LogP contribution in [0.1, 0.15) is 26.2 Å². The highest BCUT2D eigenvalue weighted by atomic mass is 35.5. The molecule has 2 heterocycles. The van der Waals surface area contributed by atoms with E-state index in [-0.39, 0.29) is 30.7 Å². The first kappa shape index (κ1) is 19.3. The van der Waals surface area contributed by atoms with Crippen LogP contribution in [0.25, 0.3) is 0 Å². The Morgan fingerprint density at radius 3 is 2.60 bits per heavy atom. The maximum Gasteiger partial charge on any atom is 0.270 e. The number of halogens is 2. The van der Waals surface area contributed by atoms with Crippen molar-refractivity contribution < 1.29 is 4.79 Å². The molecule has 0 spiro atoms. The van der Waals surface area contributed by atoms with E-state index in [0.717, 1.165) is 22.1 Å². The number of nitrogens with zero attached hydrogens (tertiary/aromatic N) is 2. The zero-order valence-electron chi connectivity index (χ0n) is 10.8. The van der Waals surface area contributed by atoms with Crippen LogP contribution in [0.3, 0.4) is 0 Å². The van der Waals surface area contributed by atoms with Gasteiger partial charge in [-0.1, -0.05) is 0 Å². The van der Waals surface area contributed by atoms with Gasteiger partial charge in [0.05, 0.1) is 10.7 Å². The standard InChI is InChI=1S/C11H14N4OS2.2ClH/c1-7-14-8(5-17-7)2-3-13-11(16)9-6-18-10(4-12)15-9;;/h5-6H,2-4,12H2,1H3,(H,13,16);2*1H. The third kappa shape index (κ3) is 5.34. The molecule has 112 valence electrons. The van der Waals surface area contributed by atoms with E-state index in [1.807, 2.05) is 12.3 Å². The third-order valence-corrected chi connectivity index (χ3v) is 3.99. The van der Waals surface area contributed by atoms with Crippen molar-refractivity contribution in [2.75, 3.05) is 6.54 Å². The number of hydrogen-bond acceptors (Lipinski definition) is 6. The van der Waals surface area contributed by atoms with Gasteiger partial charge in [0, 0.05) is 30.3 Å². The van der Waals surface area contributed by atoms with Crippen molar-refractivity contribution in [3.05, 3.63) is 32.2 Å². The third-order valence-electron chi connectivity index (χ3n) is 2.29. The van der Waals surface area contributed by atoms with Crippen LogP contribution in [0, 0.1) is 6.92 Å². The molecule has 0 aliphatic rings. The van der Waals surface area contributed by atoms with Gasteiger partial charge in [0.1, 0.15) is 10.7 Å². The molecule has 3 N–H and O–H groups in total. The Morgan fingerprint density at radius 2 is 2.05 bits per heavy atom. The molecule has 2 aromatic rings. The highest BCUT2D eigenvalue weighted by molar-refractivity contribution is 7.10. The molecular formula is C11H16Cl2N4OS2. The molecule has 0 fully saturated rings. The smallest absolute Gasteiger partial charge is 0.270 e. The maximum absolute atomic E-state index is 11.7. The van der Waals surface area contributed by atoms with Crippen LogP contribution in [-0.4, -0.2) is 22.4 Å². The van der Waals surface area contributed by atoms with E-state index in [9.17, 15) is 4.79 Å². The topological polar surface area (TPSA) is 80.9 Å². The van der Waals surface area contributed by atoms with Gasteiger partial charge in [0.25, 0.3) is 5.91 Å². The lowest BCUT2D eigenvalue weighted by atomic mass is 10.3. The lowest BCUT2D eigenvalue weighted by Gasteiger charge is -2.00. The lowest BCUT2D eigenvalue weighted by Crippen LogP contribution is -2.26. The van der Waals surface area contributed by atoms with Gasteiger partial charge in [-0.15, -0.1) is 47.5 Å². The second kappa shape index (κ2) is 9.25. The fourth-order valence-corrected chi connectivity index (χ4v) is 2.73. The Morgan fingerprint density at radius 1 is 1.30 bits per heavy atom. The molecule has 0 unspecified atom stereocenters. The molecule has 20 heavy (non-hydrogen) atoms. The number of thiazole rings is 2. The number of rotatable bonds is 5. The number of hydrogen-bond donors (Lipinski definition) is 2. The van der Waals surface area contributed by atoms with Gasteiger partial charge in [0.15, 0.2) is 0 Å². The molecule has 0 saturated carbocycles. The van der Waals surface area contributed by atoms with Gasteiger partial charge >= 0.3 is 0 Å². The average molecular weight is 355 g/mol. The first-order chi connectivity index (χ1) is 8.69. The summed E-state index contributed by atoms with van der Waals surface area (Å²) in [6.45, 7) is 2.91. The predicted molar refractivity (Wildman–Crippen MR) is 87.4 cm³/mol. The number of nitrogens with one attached hydrogen (secondary N) is 1. The minimum atomic E-state index is -0.155. The average Bonchev–Trinajstić information content (AvgIpc) is 2.98. The molecule has 5 nitrogen and oxygen atoms in total. The van der Waals surface area contributed by atoms with Crippen molar-refractivity contribution in [1.82, 2.24) is 15.3 Å². The molecule has 9 heteroatoms. The van der Waals surface area contributed by atoms with E-state index >= 15 is 0 Å². The number of nitrogens with two attached hydrogens (primary N) is 1. The molecule has 0 saturated heterocycles. The number of aryl methyl sites for hydroxylation is 1. The van der Waals surface area contributed by atoms with Gasteiger partial charge in [-0.25, -0.2) is 9.97 Å². The van der Waals surface area contributed by atoms with Crippen molar-refractivity contribution in [3.8, 4) is 0 Å².